The van der Waals surface area contributed by atoms with Crippen LogP contribution in [0.5, 0.6) is 17.2 Å². The molecular weight excluding hydrogens is 633 g/mol. The third kappa shape index (κ3) is 9.30. The van der Waals surface area contributed by atoms with Gasteiger partial charge in [0.25, 0.3) is 0 Å². The molecule has 0 aliphatic heterocycles. The van der Waals surface area contributed by atoms with E-state index >= 15 is 0 Å². The lowest BCUT2D eigenvalue weighted by Crippen LogP contribution is -2.25. The number of esters is 1. The van der Waals surface area contributed by atoms with Crippen molar-refractivity contribution in [1.29, 1.82) is 0 Å². The summed E-state index contributed by atoms with van der Waals surface area (Å²) in [6, 6.07) is 8.63. The van der Waals surface area contributed by atoms with E-state index in [1.165, 1.54) is 37.4 Å². The second-order valence-electron chi connectivity index (χ2n) is 9.86. The van der Waals surface area contributed by atoms with Crippen molar-refractivity contribution >= 4 is 39.2 Å². The zero-order valence-electron chi connectivity index (χ0n) is 23.0. The number of ether oxygens (including phenoxy) is 4. The van der Waals surface area contributed by atoms with Crippen molar-refractivity contribution in [3.05, 3.63) is 86.3 Å². The van der Waals surface area contributed by atoms with Crippen LogP contribution in [0.3, 0.4) is 0 Å². The van der Waals surface area contributed by atoms with E-state index in [0.29, 0.717) is 33.9 Å². The molecule has 0 amide bonds. The lowest BCUT2D eigenvalue weighted by atomic mass is 10.0. The van der Waals surface area contributed by atoms with E-state index in [0.717, 1.165) is 31.5 Å². The average molecular weight is 662 g/mol. The van der Waals surface area contributed by atoms with Crippen LogP contribution in [0.1, 0.15) is 46.0 Å². The van der Waals surface area contributed by atoms with Crippen molar-refractivity contribution in [2.75, 3.05) is 20.0 Å². The first-order chi connectivity index (χ1) is 20.3. The van der Waals surface area contributed by atoms with Crippen LogP contribution in [0.25, 0.3) is 0 Å². The number of nitrogens with one attached hydrogen (secondary N) is 1. The monoisotopic (exact) mass is 660 g/mol. The fourth-order valence-electron chi connectivity index (χ4n) is 4.09. The highest BCUT2D eigenvalue weighted by Gasteiger charge is 2.27. The van der Waals surface area contributed by atoms with Crippen LogP contribution in [0.15, 0.2) is 48.8 Å². The summed E-state index contributed by atoms with van der Waals surface area (Å²) in [7, 11) is -2.16. The first-order valence-corrected chi connectivity index (χ1v) is 15.6. The van der Waals surface area contributed by atoms with Gasteiger partial charge in [-0.05, 0) is 54.2 Å². The molecule has 0 saturated heterocycles. The van der Waals surface area contributed by atoms with Crippen molar-refractivity contribution < 1.29 is 45.7 Å². The molecule has 15 heteroatoms. The summed E-state index contributed by atoms with van der Waals surface area (Å²) in [4.78, 5) is 13.6. The topological polar surface area (TPSA) is 127 Å². The van der Waals surface area contributed by atoms with Crippen molar-refractivity contribution in [3.8, 4) is 17.2 Å². The third-order valence-corrected chi connectivity index (χ3v) is 7.77. The molecule has 3 aromatic rings. The fourth-order valence-corrected chi connectivity index (χ4v) is 5.12. The number of halogens is 4. The Kier molecular flexibility index (Phi) is 10.5. The number of alkyl halides is 2. The Bertz CT molecular complexity index is 1570. The van der Waals surface area contributed by atoms with Crippen molar-refractivity contribution in [1.82, 2.24) is 4.72 Å². The maximum Gasteiger partial charge on any atom is 0.387 e. The summed E-state index contributed by atoms with van der Waals surface area (Å²) in [5.74, 6) is -0.558. The zero-order valence-corrected chi connectivity index (χ0v) is 25.3. The van der Waals surface area contributed by atoms with Crippen molar-refractivity contribution in [3.63, 3.8) is 0 Å². The number of hydrogen-bond acceptors (Lipinski definition) is 8. The zero-order chi connectivity index (χ0) is 31.3. The number of carbonyl (C=O) groups is 1. The molecule has 4 rings (SSSR count). The van der Waals surface area contributed by atoms with E-state index < -0.39 is 28.7 Å². The second-order valence-corrected chi connectivity index (χ2v) is 12.5. The largest absolute Gasteiger partial charge is 0.619 e. The quantitative estimate of drug-likeness (QED) is 0.142. The minimum absolute atomic E-state index is 0.00850. The Morgan fingerprint density at radius 2 is 1.77 bits per heavy atom. The SMILES string of the molecule is COc1ccc(CNS(C)(=O)=O)cc1C(=O)OC(Cc1c(Cl)c[n+]([O-])cc1Cl)c1ccc(OC(F)F)c(OCC2CC2)c1. The van der Waals surface area contributed by atoms with E-state index in [4.69, 9.17) is 37.4 Å². The standard InChI is InChI=1S/C28H28Cl2F2N2O8S/c1-39-23-7-5-17(12-33-43(2,37)38)9-20(23)27(35)41-25(11-19-21(29)13-34(36)14-22(19)30)18-6-8-24(42-28(31)32)26(10-18)40-15-16-3-4-16/h5-10,13-14,16,25,28,33H,3-4,11-12,15H2,1-2H3. The summed E-state index contributed by atoms with van der Waals surface area (Å²) in [6.07, 6.45) is 3.87. The summed E-state index contributed by atoms with van der Waals surface area (Å²) >= 11 is 12.6. The number of sulfonamides is 1. The number of nitrogens with zero attached hydrogens (tertiary/aromatic N) is 1. The number of rotatable bonds is 14. The minimum atomic E-state index is -3.51. The van der Waals surface area contributed by atoms with Gasteiger partial charge in [-0.1, -0.05) is 35.3 Å². The van der Waals surface area contributed by atoms with Crippen LogP contribution in [-0.2, 0) is 27.7 Å². The molecule has 1 unspecified atom stereocenters. The molecule has 1 atom stereocenters. The number of pyridine rings is 1. The van der Waals surface area contributed by atoms with Gasteiger partial charge in [0.1, 0.15) is 27.5 Å². The molecule has 0 spiro atoms. The van der Waals surface area contributed by atoms with Gasteiger partial charge in [-0.15, -0.1) is 0 Å². The molecule has 1 aliphatic rings. The number of aromatic nitrogens is 1. The number of carbonyl (C=O) groups excluding carboxylic acids is 1. The van der Waals surface area contributed by atoms with Crippen molar-refractivity contribution in [2.45, 2.75) is 38.5 Å². The predicted molar refractivity (Wildman–Crippen MR) is 153 cm³/mol. The molecule has 1 saturated carbocycles. The van der Waals surface area contributed by atoms with E-state index in [1.807, 2.05) is 0 Å². The van der Waals surface area contributed by atoms with Crippen LogP contribution in [0, 0.1) is 11.1 Å². The average Bonchev–Trinajstić information content (AvgIpc) is 3.76. The minimum Gasteiger partial charge on any atom is -0.619 e. The van der Waals surface area contributed by atoms with Crippen LogP contribution in [0.2, 0.25) is 10.0 Å². The Labute approximate surface area is 257 Å². The van der Waals surface area contributed by atoms with Gasteiger partial charge in [0.2, 0.25) is 10.0 Å². The van der Waals surface area contributed by atoms with Crippen LogP contribution < -0.4 is 23.7 Å². The number of hydrogen-bond donors (Lipinski definition) is 1. The van der Waals surface area contributed by atoms with Gasteiger partial charge in [0, 0.05) is 18.5 Å². The molecule has 1 fully saturated rings. The number of benzene rings is 2. The Hall–Kier alpha value is -3.39. The predicted octanol–water partition coefficient (Wildman–Crippen LogP) is 5.22. The lowest BCUT2D eigenvalue weighted by Gasteiger charge is -2.22. The normalized spacial score (nSPS) is 13.9. The van der Waals surface area contributed by atoms with Gasteiger partial charge >= 0.3 is 12.6 Å². The lowest BCUT2D eigenvalue weighted by molar-refractivity contribution is -0.605. The maximum atomic E-state index is 13.6. The summed E-state index contributed by atoms with van der Waals surface area (Å²) in [6.45, 7) is -2.90. The first-order valence-electron chi connectivity index (χ1n) is 12.9. The Morgan fingerprint density at radius 1 is 1.09 bits per heavy atom. The Balaban J connectivity index is 1.72. The molecule has 1 aliphatic carbocycles. The molecule has 1 heterocycles. The van der Waals surface area contributed by atoms with Crippen LogP contribution in [-0.4, -0.2) is 41.0 Å². The highest BCUT2D eigenvalue weighted by molar-refractivity contribution is 7.88. The Morgan fingerprint density at radius 3 is 2.37 bits per heavy atom. The third-order valence-electron chi connectivity index (χ3n) is 6.45. The molecule has 2 aromatic carbocycles. The van der Waals surface area contributed by atoms with Gasteiger partial charge in [-0.2, -0.15) is 13.5 Å². The molecule has 0 bridgehead atoms. The van der Waals surface area contributed by atoms with Gasteiger partial charge in [0.05, 0.1) is 20.0 Å². The summed E-state index contributed by atoms with van der Waals surface area (Å²) < 4.78 is 73.8. The van der Waals surface area contributed by atoms with E-state index in [2.05, 4.69) is 9.46 Å². The highest BCUT2D eigenvalue weighted by Crippen LogP contribution is 2.38. The van der Waals surface area contributed by atoms with Gasteiger partial charge < -0.3 is 24.2 Å². The van der Waals surface area contributed by atoms with E-state index in [-0.39, 0.29) is 45.8 Å². The van der Waals surface area contributed by atoms with Gasteiger partial charge in [-0.25, -0.2) is 17.9 Å². The molecule has 1 N–H and O–H groups in total. The van der Waals surface area contributed by atoms with Crippen LogP contribution >= 0.6 is 23.2 Å². The fraction of sp³-hybridized carbons (Fsp3) is 0.357. The highest BCUT2D eigenvalue weighted by atomic mass is 35.5. The van der Waals surface area contributed by atoms with Gasteiger partial charge in [-0.3, -0.25) is 0 Å². The number of methoxy groups -OCH3 is 1. The summed E-state index contributed by atoms with van der Waals surface area (Å²) in [5, 5.41) is 11.8. The molecule has 1 aromatic heterocycles. The summed E-state index contributed by atoms with van der Waals surface area (Å²) in [5.41, 5.74) is 1.07. The van der Waals surface area contributed by atoms with Crippen molar-refractivity contribution in [2.24, 2.45) is 5.92 Å². The molecule has 43 heavy (non-hydrogen) atoms. The molecule has 10 nitrogen and oxygen atoms in total. The van der Waals surface area contributed by atoms with E-state index in [9.17, 15) is 27.2 Å². The molecule has 0 radical (unpaired) electrons. The second kappa shape index (κ2) is 13.9. The molecular formula is C28H28Cl2F2N2O8S. The molecule has 232 valence electrons. The van der Waals surface area contributed by atoms with Crippen LogP contribution in [0.4, 0.5) is 8.78 Å². The van der Waals surface area contributed by atoms with Gasteiger partial charge in [0.15, 0.2) is 23.9 Å². The maximum absolute atomic E-state index is 13.6. The first kappa shape index (κ1) is 32.5. The smallest absolute Gasteiger partial charge is 0.387 e. The van der Waals surface area contributed by atoms with E-state index in [1.54, 1.807) is 6.07 Å².